The van der Waals surface area contributed by atoms with Gasteiger partial charge < -0.3 is 20.6 Å². The van der Waals surface area contributed by atoms with Gasteiger partial charge >= 0.3 is 0 Å². The van der Waals surface area contributed by atoms with E-state index < -0.39 is 24.2 Å². The van der Waals surface area contributed by atoms with E-state index in [0.717, 1.165) is 0 Å². The molecule has 0 bridgehead atoms. The lowest BCUT2D eigenvalue weighted by Crippen LogP contribution is -2.52. The maximum Gasteiger partial charge on any atom is 0.217 e. The van der Waals surface area contributed by atoms with Crippen molar-refractivity contribution in [2.75, 3.05) is 6.61 Å². The van der Waals surface area contributed by atoms with E-state index in [9.17, 15) is 15.0 Å². The van der Waals surface area contributed by atoms with E-state index in [-0.39, 0.29) is 18.4 Å². The van der Waals surface area contributed by atoms with E-state index in [1.54, 1.807) is 6.92 Å². The van der Waals surface area contributed by atoms with Crippen molar-refractivity contribution >= 4 is 5.91 Å². The number of nitrogens with one attached hydrogen (secondary N) is 1. The van der Waals surface area contributed by atoms with Gasteiger partial charge in [-0.1, -0.05) is 20.8 Å². The molecule has 4 N–H and O–H groups in total. The van der Waals surface area contributed by atoms with Gasteiger partial charge in [0, 0.05) is 19.4 Å². The third kappa shape index (κ3) is 4.47. The van der Waals surface area contributed by atoms with Gasteiger partial charge in [-0.15, -0.1) is 0 Å². The fourth-order valence-corrected chi connectivity index (χ4v) is 1.54. The first-order valence-electron chi connectivity index (χ1n) is 5.55. The Morgan fingerprint density at radius 3 is 2.00 bits per heavy atom. The molecule has 0 heterocycles. The van der Waals surface area contributed by atoms with E-state index in [2.05, 4.69) is 5.32 Å². The van der Waals surface area contributed by atoms with E-state index in [1.165, 1.54) is 6.92 Å². The van der Waals surface area contributed by atoms with Gasteiger partial charge in [0.05, 0.1) is 12.1 Å². The van der Waals surface area contributed by atoms with Gasteiger partial charge in [0.25, 0.3) is 0 Å². The van der Waals surface area contributed by atoms with Crippen LogP contribution in [-0.4, -0.2) is 46.1 Å². The average Bonchev–Trinajstić information content (AvgIpc) is 2.22. The highest BCUT2D eigenvalue weighted by atomic mass is 16.3. The van der Waals surface area contributed by atoms with Gasteiger partial charge in [0.15, 0.2) is 0 Å². The predicted molar refractivity (Wildman–Crippen MR) is 60.7 cm³/mol. The van der Waals surface area contributed by atoms with Gasteiger partial charge in [-0.05, 0) is 5.92 Å². The molecule has 0 aromatic rings. The van der Waals surface area contributed by atoms with Crippen molar-refractivity contribution in [3.8, 4) is 0 Å². The Kier molecular flexibility index (Phi) is 6.55. The monoisotopic (exact) mass is 233 g/mol. The van der Waals surface area contributed by atoms with Crippen LogP contribution in [0.2, 0.25) is 0 Å². The van der Waals surface area contributed by atoms with Gasteiger partial charge in [0.2, 0.25) is 5.91 Å². The summed E-state index contributed by atoms with van der Waals surface area (Å²) in [5, 5.41) is 31.2. The lowest BCUT2D eigenvalue weighted by Gasteiger charge is -2.32. The minimum absolute atomic E-state index is 0.000516. The standard InChI is InChI=1S/C11H23NO4/c1-6(2)9(12-8(4)14)11(16)10(15)7(3)5-13/h6-7,9-11,13,15-16H,5H2,1-4H3,(H,12,14)/t7-,9+,10+,11-/m1/s1. The third-order valence-electron chi connectivity index (χ3n) is 2.68. The minimum Gasteiger partial charge on any atom is -0.396 e. The molecule has 0 saturated carbocycles. The molecule has 1 amide bonds. The van der Waals surface area contributed by atoms with Crippen molar-refractivity contribution in [1.29, 1.82) is 0 Å². The van der Waals surface area contributed by atoms with Crippen LogP contribution in [0.5, 0.6) is 0 Å². The second-order valence-electron chi connectivity index (χ2n) is 4.61. The predicted octanol–water partition coefficient (Wildman–Crippen LogP) is -0.503. The van der Waals surface area contributed by atoms with Crippen LogP contribution in [0.1, 0.15) is 27.7 Å². The molecule has 0 unspecified atom stereocenters. The highest BCUT2D eigenvalue weighted by Gasteiger charge is 2.32. The number of aliphatic hydroxyl groups excluding tert-OH is 3. The Labute approximate surface area is 96.5 Å². The molecule has 0 saturated heterocycles. The second-order valence-corrected chi connectivity index (χ2v) is 4.61. The Morgan fingerprint density at radius 1 is 1.19 bits per heavy atom. The highest BCUT2D eigenvalue weighted by Crippen LogP contribution is 2.15. The first kappa shape index (κ1) is 15.3. The number of rotatable bonds is 6. The number of carbonyl (C=O) groups is 1. The largest absolute Gasteiger partial charge is 0.396 e. The van der Waals surface area contributed by atoms with Crippen LogP contribution in [0.3, 0.4) is 0 Å². The van der Waals surface area contributed by atoms with Gasteiger partial charge in [0.1, 0.15) is 6.10 Å². The first-order valence-corrected chi connectivity index (χ1v) is 5.55. The van der Waals surface area contributed by atoms with E-state index >= 15 is 0 Å². The minimum atomic E-state index is -1.08. The summed E-state index contributed by atoms with van der Waals surface area (Å²) >= 11 is 0. The molecular formula is C11H23NO4. The van der Waals surface area contributed by atoms with Crippen molar-refractivity contribution in [2.24, 2.45) is 11.8 Å². The fraction of sp³-hybridized carbons (Fsp3) is 0.909. The van der Waals surface area contributed by atoms with Crippen LogP contribution in [0.15, 0.2) is 0 Å². The van der Waals surface area contributed by atoms with Crippen molar-refractivity contribution < 1.29 is 20.1 Å². The summed E-state index contributed by atoms with van der Waals surface area (Å²) < 4.78 is 0. The smallest absolute Gasteiger partial charge is 0.217 e. The Morgan fingerprint density at radius 2 is 1.69 bits per heavy atom. The Balaban J connectivity index is 4.59. The summed E-state index contributed by atoms with van der Waals surface area (Å²) in [6.45, 7) is 6.49. The first-order chi connectivity index (χ1) is 7.31. The SMILES string of the molecule is CC(=O)N[C@@H](C(C)C)[C@@H](O)[C@@H](O)[C@H](C)CO. The van der Waals surface area contributed by atoms with Crippen molar-refractivity contribution in [1.82, 2.24) is 5.32 Å². The lowest BCUT2D eigenvalue weighted by atomic mass is 9.89. The quantitative estimate of drug-likeness (QED) is 0.498. The number of hydrogen-bond acceptors (Lipinski definition) is 4. The molecule has 96 valence electrons. The van der Waals surface area contributed by atoms with Crippen LogP contribution in [0.25, 0.3) is 0 Å². The molecule has 0 aromatic carbocycles. The van der Waals surface area contributed by atoms with Crippen molar-refractivity contribution in [3.05, 3.63) is 0 Å². The van der Waals surface area contributed by atoms with E-state index in [0.29, 0.717) is 0 Å². The molecule has 0 aliphatic heterocycles. The fourth-order valence-electron chi connectivity index (χ4n) is 1.54. The van der Waals surface area contributed by atoms with Gasteiger partial charge in [-0.3, -0.25) is 4.79 Å². The summed E-state index contributed by atoms with van der Waals surface area (Å²) in [6, 6.07) is -0.512. The molecule has 0 fully saturated rings. The summed E-state index contributed by atoms with van der Waals surface area (Å²) in [5.74, 6) is -0.675. The van der Waals surface area contributed by atoms with Gasteiger partial charge in [-0.25, -0.2) is 0 Å². The molecule has 4 atom stereocenters. The van der Waals surface area contributed by atoms with Crippen LogP contribution in [0.4, 0.5) is 0 Å². The lowest BCUT2D eigenvalue weighted by molar-refractivity contribution is -0.122. The molecular weight excluding hydrogens is 210 g/mol. The van der Waals surface area contributed by atoms with Crippen molar-refractivity contribution in [3.63, 3.8) is 0 Å². The molecule has 5 nitrogen and oxygen atoms in total. The molecule has 16 heavy (non-hydrogen) atoms. The number of hydrogen-bond donors (Lipinski definition) is 4. The summed E-state index contributed by atoms with van der Waals surface area (Å²) in [4.78, 5) is 11.0. The van der Waals surface area contributed by atoms with Crippen LogP contribution < -0.4 is 5.32 Å². The van der Waals surface area contributed by atoms with E-state index in [4.69, 9.17) is 5.11 Å². The zero-order valence-electron chi connectivity index (χ0n) is 10.3. The average molecular weight is 233 g/mol. The summed E-state index contributed by atoms with van der Waals surface area (Å²) in [6.07, 6.45) is -2.13. The number of carbonyl (C=O) groups excluding carboxylic acids is 1. The topological polar surface area (TPSA) is 89.8 Å². The maximum atomic E-state index is 11.0. The molecule has 0 spiro atoms. The maximum absolute atomic E-state index is 11.0. The van der Waals surface area contributed by atoms with Crippen molar-refractivity contribution in [2.45, 2.75) is 45.9 Å². The number of aliphatic hydroxyl groups is 3. The van der Waals surface area contributed by atoms with Crippen LogP contribution in [0, 0.1) is 11.8 Å². The Bertz CT molecular complexity index is 220. The third-order valence-corrected chi connectivity index (χ3v) is 2.68. The molecule has 0 aliphatic carbocycles. The summed E-state index contributed by atoms with van der Waals surface area (Å²) in [5.41, 5.74) is 0. The van der Waals surface area contributed by atoms with E-state index in [1.807, 2.05) is 13.8 Å². The molecule has 5 heteroatoms. The zero-order valence-corrected chi connectivity index (χ0v) is 10.3. The van der Waals surface area contributed by atoms with Gasteiger partial charge in [-0.2, -0.15) is 0 Å². The highest BCUT2D eigenvalue weighted by molar-refractivity contribution is 5.73. The zero-order chi connectivity index (χ0) is 12.9. The molecule has 0 aromatic heterocycles. The molecule has 0 rings (SSSR count). The molecule has 0 aliphatic rings. The van der Waals surface area contributed by atoms with Crippen LogP contribution >= 0.6 is 0 Å². The number of amides is 1. The Hall–Kier alpha value is -0.650. The van der Waals surface area contributed by atoms with Crippen LogP contribution in [-0.2, 0) is 4.79 Å². The normalized spacial score (nSPS) is 19.0. The summed E-state index contributed by atoms with van der Waals surface area (Å²) in [7, 11) is 0. The molecule has 0 radical (unpaired) electrons. The second kappa shape index (κ2) is 6.83.